The van der Waals surface area contributed by atoms with E-state index in [0.717, 1.165) is 47.8 Å². The molecule has 3 heterocycles. The highest BCUT2D eigenvalue weighted by Gasteiger charge is 2.25. The molecule has 0 N–H and O–H groups in total. The van der Waals surface area contributed by atoms with Crippen LogP contribution in [0.5, 0.6) is 0 Å². The number of esters is 1. The Morgan fingerprint density at radius 3 is 2.60 bits per heavy atom. The van der Waals surface area contributed by atoms with Gasteiger partial charge in [-0.25, -0.2) is 9.48 Å². The van der Waals surface area contributed by atoms with Crippen LogP contribution in [0.4, 0.5) is 0 Å². The van der Waals surface area contributed by atoms with Crippen LogP contribution in [-0.4, -0.2) is 45.8 Å². The van der Waals surface area contributed by atoms with E-state index in [1.54, 1.807) is 33.9 Å². The molecule has 154 valence electrons. The number of aromatic nitrogens is 2. The summed E-state index contributed by atoms with van der Waals surface area (Å²) >= 11 is 1.59. The molecule has 7 heteroatoms. The second-order valence-electron chi connectivity index (χ2n) is 7.14. The summed E-state index contributed by atoms with van der Waals surface area (Å²) in [5, 5.41) is 6.70. The molecule has 6 nitrogen and oxygen atoms in total. The van der Waals surface area contributed by atoms with Crippen molar-refractivity contribution in [3.63, 3.8) is 0 Å². The van der Waals surface area contributed by atoms with Crippen molar-refractivity contribution in [1.29, 1.82) is 0 Å². The van der Waals surface area contributed by atoms with E-state index in [1.807, 2.05) is 54.0 Å². The number of likely N-dealkylation sites (tertiary alicyclic amines) is 1. The number of carbonyl (C=O) groups excluding carboxylic acids is 2. The fourth-order valence-electron chi connectivity index (χ4n) is 3.44. The van der Waals surface area contributed by atoms with Crippen LogP contribution in [0.15, 0.2) is 60.1 Å². The number of hydrogen-bond donors (Lipinski definition) is 0. The fourth-order valence-corrected chi connectivity index (χ4v) is 4.17. The Morgan fingerprint density at radius 1 is 1.13 bits per heavy atom. The van der Waals surface area contributed by atoms with Gasteiger partial charge in [0.25, 0.3) is 5.91 Å². The number of nitrogens with zero attached hydrogens (tertiary/aromatic N) is 3. The van der Waals surface area contributed by atoms with Gasteiger partial charge in [-0.3, -0.25) is 4.79 Å². The van der Waals surface area contributed by atoms with Crippen molar-refractivity contribution in [3.8, 4) is 16.3 Å². The summed E-state index contributed by atoms with van der Waals surface area (Å²) in [6, 6.07) is 13.8. The third kappa shape index (κ3) is 4.52. The van der Waals surface area contributed by atoms with Gasteiger partial charge in [-0.15, -0.1) is 11.3 Å². The van der Waals surface area contributed by atoms with Crippen LogP contribution in [0.3, 0.4) is 0 Å². The monoisotopic (exact) mass is 421 g/mol. The first-order valence-electron chi connectivity index (χ1n) is 9.98. The highest BCUT2D eigenvalue weighted by atomic mass is 32.1. The molecule has 1 aliphatic rings. The Labute approximate surface area is 179 Å². The number of hydrogen-bond acceptors (Lipinski definition) is 5. The standard InChI is InChI=1S/C23H23N3O3S/c1-17(23(28)25-13-5-6-14-25)29-21(27)12-11-18-16-26(19-8-3-2-4-9-19)24-22(18)20-10-7-15-30-20/h2-4,7-12,15-17H,5-6,13-14H2,1H3/b12-11+/t17-/m1/s1. The van der Waals surface area contributed by atoms with E-state index in [2.05, 4.69) is 0 Å². The topological polar surface area (TPSA) is 64.4 Å². The molecule has 1 aromatic carbocycles. The average Bonchev–Trinajstić information content (AvgIpc) is 3.53. The van der Waals surface area contributed by atoms with Crippen LogP contribution in [0, 0.1) is 0 Å². The van der Waals surface area contributed by atoms with E-state index in [1.165, 1.54) is 6.08 Å². The molecule has 30 heavy (non-hydrogen) atoms. The molecule has 1 aliphatic heterocycles. The molecular weight excluding hydrogens is 398 g/mol. The summed E-state index contributed by atoms with van der Waals surface area (Å²) in [7, 11) is 0. The van der Waals surface area contributed by atoms with Crippen LogP contribution < -0.4 is 0 Å². The molecular formula is C23H23N3O3S. The van der Waals surface area contributed by atoms with Gasteiger partial charge in [-0.2, -0.15) is 5.10 Å². The maximum atomic E-state index is 12.3. The predicted octanol–water partition coefficient (Wildman–Crippen LogP) is 4.17. The van der Waals surface area contributed by atoms with Crippen LogP contribution in [0.25, 0.3) is 22.3 Å². The highest BCUT2D eigenvalue weighted by Crippen LogP contribution is 2.28. The fraction of sp³-hybridized carbons (Fsp3) is 0.261. The molecule has 3 aromatic rings. The minimum Gasteiger partial charge on any atom is -0.449 e. The molecule has 0 aliphatic carbocycles. The van der Waals surface area contributed by atoms with E-state index < -0.39 is 12.1 Å². The zero-order valence-corrected chi connectivity index (χ0v) is 17.5. The second kappa shape index (κ2) is 9.09. The number of carbonyl (C=O) groups is 2. The van der Waals surface area contributed by atoms with Crippen LogP contribution in [0.1, 0.15) is 25.3 Å². The lowest BCUT2D eigenvalue weighted by Crippen LogP contribution is -2.37. The van der Waals surface area contributed by atoms with Gasteiger partial charge in [0.2, 0.25) is 0 Å². The Kier molecular flexibility index (Phi) is 6.09. The number of ether oxygens (including phenoxy) is 1. The Balaban J connectivity index is 1.51. The number of amides is 1. The van der Waals surface area contributed by atoms with Crippen LogP contribution in [0.2, 0.25) is 0 Å². The Hall–Kier alpha value is -3.19. The van der Waals surface area contributed by atoms with Gasteiger partial charge in [0.1, 0.15) is 5.69 Å². The lowest BCUT2D eigenvalue weighted by molar-refractivity contribution is -0.154. The molecule has 1 amide bonds. The quantitative estimate of drug-likeness (QED) is 0.443. The SMILES string of the molecule is C[C@@H](OC(=O)/C=C/c1cn(-c2ccccc2)nc1-c1cccs1)C(=O)N1CCCC1. The van der Waals surface area contributed by atoms with Crippen molar-refractivity contribution in [2.24, 2.45) is 0 Å². The van der Waals surface area contributed by atoms with Crippen LogP contribution >= 0.6 is 11.3 Å². The van der Waals surface area contributed by atoms with E-state index in [4.69, 9.17) is 9.84 Å². The maximum absolute atomic E-state index is 12.3. The van der Waals surface area contributed by atoms with E-state index in [0.29, 0.717) is 0 Å². The number of thiophene rings is 1. The van der Waals surface area contributed by atoms with Crippen LogP contribution in [-0.2, 0) is 14.3 Å². The maximum Gasteiger partial charge on any atom is 0.331 e. The van der Waals surface area contributed by atoms with E-state index >= 15 is 0 Å². The lowest BCUT2D eigenvalue weighted by atomic mass is 10.2. The normalized spacial score (nSPS) is 14.9. The summed E-state index contributed by atoms with van der Waals surface area (Å²) in [6.45, 7) is 3.09. The molecule has 1 fully saturated rings. The minimum absolute atomic E-state index is 0.134. The third-order valence-electron chi connectivity index (χ3n) is 4.98. The van der Waals surface area contributed by atoms with Gasteiger partial charge in [-0.1, -0.05) is 24.3 Å². The number of benzene rings is 1. The minimum atomic E-state index is -0.788. The van der Waals surface area contributed by atoms with Gasteiger partial charge >= 0.3 is 5.97 Å². The first kappa shape index (κ1) is 20.1. The smallest absolute Gasteiger partial charge is 0.331 e. The van der Waals surface area contributed by atoms with Crippen molar-refractivity contribution in [1.82, 2.24) is 14.7 Å². The Morgan fingerprint density at radius 2 is 1.90 bits per heavy atom. The largest absolute Gasteiger partial charge is 0.449 e. The molecule has 0 spiro atoms. The van der Waals surface area contributed by atoms with Crippen molar-refractivity contribution < 1.29 is 14.3 Å². The van der Waals surface area contributed by atoms with Gasteiger partial charge in [0, 0.05) is 30.9 Å². The third-order valence-corrected chi connectivity index (χ3v) is 5.85. The van der Waals surface area contributed by atoms with Crippen molar-refractivity contribution in [2.75, 3.05) is 13.1 Å². The van der Waals surface area contributed by atoms with Gasteiger partial charge in [-0.05, 0) is 49.4 Å². The number of para-hydroxylation sites is 1. The first-order chi connectivity index (χ1) is 14.6. The molecule has 1 atom stereocenters. The van der Waals surface area contributed by atoms with Crippen molar-refractivity contribution in [2.45, 2.75) is 25.9 Å². The molecule has 0 bridgehead atoms. The zero-order valence-electron chi connectivity index (χ0n) is 16.7. The van der Waals surface area contributed by atoms with E-state index in [-0.39, 0.29) is 5.91 Å². The summed E-state index contributed by atoms with van der Waals surface area (Å²) < 4.78 is 7.12. The predicted molar refractivity (Wildman–Crippen MR) is 117 cm³/mol. The Bertz CT molecular complexity index is 1040. The molecule has 0 unspecified atom stereocenters. The summed E-state index contributed by atoms with van der Waals surface area (Å²) in [5.74, 6) is -0.676. The van der Waals surface area contributed by atoms with E-state index in [9.17, 15) is 9.59 Å². The molecule has 0 radical (unpaired) electrons. The summed E-state index contributed by atoms with van der Waals surface area (Å²) in [5.41, 5.74) is 2.53. The van der Waals surface area contributed by atoms with Crippen molar-refractivity contribution in [3.05, 3.63) is 65.7 Å². The second-order valence-corrected chi connectivity index (χ2v) is 8.08. The summed E-state index contributed by atoms with van der Waals surface area (Å²) in [4.78, 5) is 27.4. The molecule has 2 aromatic heterocycles. The van der Waals surface area contributed by atoms with Crippen molar-refractivity contribution >= 4 is 29.3 Å². The summed E-state index contributed by atoms with van der Waals surface area (Å²) in [6.07, 6.45) is 6.15. The zero-order chi connectivity index (χ0) is 20.9. The lowest BCUT2D eigenvalue weighted by Gasteiger charge is -2.19. The van der Waals surface area contributed by atoms with Gasteiger partial charge in [0.05, 0.1) is 10.6 Å². The average molecular weight is 422 g/mol. The molecule has 0 saturated carbocycles. The number of rotatable bonds is 6. The molecule has 1 saturated heterocycles. The van der Waals surface area contributed by atoms with Gasteiger partial charge in [0.15, 0.2) is 6.10 Å². The first-order valence-corrected chi connectivity index (χ1v) is 10.9. The molecule has 4 rings (SSSR count). The highest BCUT2D eigenvalue weighted by molar-refractivity contribution is 7.13. The van der Waals surface area contributed by atoms with Gasteiger partial charge < -0.3 is 9.64 Å².